The molecule has 7 heteroatoms. The first-order chi connectivity index (χ1) is 12.8. The molecule has 1 aliphatic heterocycles. The molecule has 0 N–H and O–H groups in total. The van der Waals surface area contributed by atoms with Gasteiger partial charge in [-0.1, -0.05) is 23.4 Å². The normalized spacial score (nSPS) is 17.4. The predicted octanol–water partition coefficient (Wildman–Crippen LogP) is 2.32. The van der Waals surface area contributed by atoms with E-state index in [2.05, 4.69) is 10.1 Å². The van der Waals surface area contributed by atoms with E-state index in [4.69, 9.17) is 14.0 Å². The smallest absolute Gasteiger partial charge is 0.257 e. The Morgan fingerprint density at radius 3 is 3.00 bits per heavy atom. The molecule has 2 heterocycles. The fourth-order valence-corrected chi connectivity index (χ4v) is 2.95. The van der Waals surface area contributed by atoms with Crippen LogP contribution in [0.4, 0.5) is 0 Å². The van der Waals surface area contributed by atoms with Crippen molar-refractivity contribution < 1.29 is 18.8 Å². The van der Waals surface area contributed by atoms with E-state index in [-0.39, 0.29) is 18.6 Å². The molecule has 7 nitrogen and oxygen atoms in total. The summed E-state index contributed by atoms with van der Waals surface area (Å²) in [7, 11) is 0. The lowest BCUT2D eigenvalue weighted by Gasteiger charge is -2.32. The summed E-state index contributed by atoms with van der Waals surface area (Å²) in [4.78, 5) is 18.3. The lowest BCUT2D eigenvalue weighted by Crippen LogP contribution is -2.44. The highest BCUT2D eigenvalue weighted by Crippen LogP contribution is 2.17. The van der Waals surface area contributed by atoms with E-state index in [1.54, 1.807) is 0 Å². The molecule has 0 aliphatic carbocycles. The van der Waals surface area contributed by atoms with Crippen LogP contribution in [-0.4, -0.2) is 60.0 Å². The number of benzene rings is 1. The van der Waals surface area contributed by atoms with Gasteiger partial charge >= 0.3 is 0 Å². The maximum Gasteiger partial charge on any atom is 0.257 e. The molecule has 3 rings (SSSR count). The SMILES string of the molecule is CCOCC(=O)N1CCCC(OCCc2noc(-c3ccccc3)n2)C1. The number of likely N-dealkylation sites (tertiary alicyclic amines) is 1. The molecule has 0 saturated carbocycles. The molecule has 1 fully saturated rings. The number of aromatic nitrogens is 2. The lowest BCUT2D eigenvalue weighted by atomic mass is 10.1. The fourth-order valence-electron chi connectivity index (χ4n) is 2.95. The van der Waals surface area contributed by atoms with E-state index in [0.29, 0.717) is 37.9 Å². The molecule has 0 bridgehead atoms. The van der Waals surface area contributed by atoms with Crippen molar-refractivity contribution in [1.82, 2.24) is 15.0 Å². The summed E-state index contributed by atoms with van der Waals surface area (Å²) >= 11 is 0. The number of carbonyl (C=O) groups is 1. The Morgan fingerprint density at radius 2 is 2.19 bits per heavy atom. The second-order valence-electron chi connectivity index (χ2n) is 6.24. The number of ether oxygens (including phenoxy) is 2. The second kappa shape index (κ2) is 9.45. The van der Waals surface area contributed by atoms with E-state index in [9.17, 15) is 4.79 Å². The van der Waals surface area contributed by atoms with Crippen LogP contribution in [-0.2, 0) is 20.7 Å². The van der Waals surface area contributed by atoms with Gasteiger partial charge in [-0.2, -0.15) is 4.98 Å². The van der Waals surface area contributed by atoms with E-state index >= 15 is 0 Å². The topological polar surface area (TPSA) is 77.7 Å². The number of rotatable bonds is 8. The molecule has 2 aromatic rings. The average Bonchev–Trinajstić information content (AvgIpc) is 3.16. The molecule has 0 spiro atoms. The van der Waals surface area contributed by atoms with Gasteiger partial charge in [-0.05, 0) is 31.9 Å². The van der Waals surface area contributed by atoms with E-state index in [1.807, 2.05) is 42.2 Å². The first-order valence-electron chi connectivity index (χ1n) is 9.11. The van der Waals surface area contributed by atoms with E-state index < -0.39 is 0 Å². The maximum absolute atomic E-state index is 12.0. The zero-order valence-corrected chi connectivity index (χ0v) is 15.1. The summed E-state index contributed by atoms with van der Waals surface area (Å²) in [6.07, 6.45) is 2.54. The zero-order chi connectivity index (χ0) is 18.2. The monoisotopic (exact) mass is 359 g/mol. The third-order valence-corrected chi connectivity index (χ3v) is 4.33. The van der Waals surface area contributed by atoms with Gasteiger partial charge in [-0.3, -0.25) is 4.79 Å². The van der Waals surface area contributed by atoms with Gasteiger partial charge in [0.2, 0.25) is 5.91 Å². The fraction of sp³-hybridized carbons (Fsp3) is 0.526. The van der Waals surface area contributed by atoms with Crippen molar-refractivity contribution in [3.8, 4) is 11.5 Å². The van der Waals surface area contributed by atoms with Crippen LogP contribution in [0.3, 0.4) is 0 Å². The van der Waals surface area contributed by atoms with E-state index in [0.717, 1.165) is 24.9 Å². The Labute approximate surface area is 153 Å². The number of amides is 1. The van der Waals surface area contributed by atoms with Crippen LogP contribution in [0.1, 0.15) is 25.6 Å². The van der Waals surface area contributed by atoms with Gasteiger partial charge in [0.15, 0.2) is 5.82 Å². The van der Waals surface area contributed by atoms with E-state index in [1.165, 1.54) is 0 Å². The van der Waals surface area contributed by atoms with Crippen molar-refractivity contribution in [2.24, 2.45) is 0 Å². The Hall–Kier alpha value is -2.25. The summed E-state index contributed by atoms with van der Waals surface area (Å²) < 4.78 is 16.4. The van der Waals surface area contributed by atoms with Crippen LogP contribution in [0.5, 0.6) is 0 Å². The van der Waals surface area contributed by atoms with Crippen molar-refractivity contribution in [3.63, 3.8) is 0 Å². The first kappa shape index (κ1) is 18.5. The predicted molar refractivity (Wildman–Crippen MR) is 95.5 cm³/mol. The molecule has 1 amide bonds. The summed E-state index contributed by atoms with van der Waals surface area (Å²) in [5, 5.41) is 4.00. The summed E-state index contributed by atoms with van der Waals surface area (Å²) in [6, 6.07) is 9.68. The molecule has 0 radical (unpaired) electrons. The summed E-state index contributed by atoms with van der Waals surface area (Å²) in [5.41, 5.74) is 0.905. The van der Waals surface area contributed by atoms with Gasteiger partial charge in [0, 0.05) is 31.7 Å². The second-order valence-corrected chi connectivity index (χ2v) is 6.24. The molecule has 140 valence electrons. The zero-order valence-electron chi connectivity index (χ0n) is 15.1. The lowest BCUT2D eigenvalue weighted by molar-refractivity contribution is -0.140. The van der Waals surface area contributed by atoms with Crippen LogP contribution >= 0.6 is 0 Å². The minimum Gasteiger partial charge on any atom is -0.376 e. The first-order valence-corrected chi connectivity index (χ1v) is 9.11. The van der Waals surface area contributed by atoms with Crippen molar-refractivity contribution in [3.05, 3.63) is 36.2 Å². The minimum absolute atomic E-state index is 0.0332. The third-order valence-electron chi connectivity index (χ3n) is 4.33. The number of carbonyl (C=O) groups excluding carboxylic acids is 1. The summed E-state index contributed by atoms with van der Waals surface area (Å²) in [5.74, 6) is 1.18. The average molecular weight is 359 g/mol. The Balaban J connectivity index is 1.43. The number of hydrogen-bond acceptors (Lipinski definition) is 6. The maximum atomic E-state index is 12.0. The van der Waals surface area contributed by atoms with Crippen molar-refractivity contribution in [2.45, 2.75) is 32.3 Å². The van der Waals surface area contributed by atoms with Gasteiger partial charge < -0.3 is 18.9 Å². The molecule has 1 atom stereocenters. The van der Waals surface area contributed by atoms with Gasteiger partial charge in [0.1, 0.15) is 6.61 Å². The molecule has 1 aliphatic rings. The Kier molecular flexibility index (Phi) is 6.74. The van der Waals surface area contributed by atoms with Crippen LogP contribution in [0.25, 0.3) is 11.5 Å². The minimum atomic E-state index is 0.0332. The third kappa shape index (κ3) is 5.12. The number of nitrogens with zero attached hydrogens (tertiary/aromatic N) is 3. The molecular weight excluding hydrogens is 334 g/mol. The standard InChI is InChI=1S/C19H25N3O4/c1-2-24-14-18(23)22-11-6-9-16(13-22)25-12-10-17-20-19(26-21-17)15-7-4-3-5-8-15/h3-5,7-8,16H,2,6,9-14H2,1H3. The highest BCUT2D eigenvalue weighted by Gasteiger charge is 2.24. The van der Waals surface area contributed by atoms with Crippen LogP contribution in [0.2, 0.25) is 0 Å². The number of hydrogen-bond donors (Lipinski definition) is 0. The van der Waals surface area contributed by atoms with Gasteiger partial charge in [0.05, 0.1) is 12.7 Å². The summed E-state index contributed by atoms with van der Waals surface area (Å²) in [6.45, 7) is 4.48. The van der Waals surface area contributed by atoms with Crippen LogP contribution in [0.15, 0.2) is 34.9 Å². The van der Waals surface area contributed by atoms with Crippen molar-refractivity contribution in [2.75, 3.05) is 32.9 Å². The number of piperidine rings is 1. The quantitative estimate of drug-likeness (QED) is 0.720. The Bertz CT molecular complexity index is 689. The highest BCUT2D eigenvalue weighted by molar-refractivity contribution is 5.77. The highest BCUT2D eigenvalue weighted by atomic mass is 16.5. The van der Waals surface area contributed by atoms with Crippen LogP contribution < -0.4 is 0 Å². The van der Waals surface area contributed by atoms with Crippen molar-refractivity contribution >= 4 is 5.91 Å². The molecule has 1 aromatic carbocycles. The van der Waals surface area contributed by atoms with Crippen molar-refractivity contribution in [1.29, 1.82) is 0 Å². The van der Waals surface area contributed by atoms with Gasteiger partial charge in [-0.15, -0.1) is 0 Å². The largest absolute Gasteiger partial charge is 0.376 e. The molecule has 1 saturated heterocycles. The van der Waals surface area contributed by atoms with Gasteiger partial charge in [-0.25, -0.2) is 0 Å². The Morgan fingerprint density at radius 1 is 1.35 bits per heavy atom. The molecule has 1 aromatic heterocycles. The van der Waals surface area contributed by atoms with Crippen LogP contribution in [0, 0.1) is 0 Å². The molecular formula is C19H25N3O4. The molecule has 26 heavy (non-hydrogen) atoms. The molecule has 1 unspecified atom stereocenters. The van der Waals surface area contributed by atoms with Gasteiger partial charge in [0.25, 0.3) is 5.89 Å².